The molecule has 140 valence electrons. The molecule has 0 spiro atoms. The molecule has 3 rings (SSSR count). The van der Waals surface area contributed by atoms with Gasteiger partial charge in [-0.2, -0.15) is 0 Å². The first-order valence-corrected chi connectivity index (χ1v) is 8.92. The zero-order chi connectivity index (χ0) is 19.2. The van der Waals surface area contributed by atoms with Crippen LogP contribution < -0.4 is 5.32 Å². The number of rotatable bonds is 7. The summed E-state index contributed by atoms with van der Waals surface area (Å²) in [4.78, 5) is 27.7. The summed E-state index contributed by atoms with van der Waals surface area (Å²) in [6.07, 6.45) is 1.31. The average molecular weight is 387 g/mol. The van der Waals surface area contributed by atoms with Crippen LogP contribution in [0.4, 0.5) is 0 Å². The maximum atomic E-state index is 12.2. The van der Waals surface area contributed by atoms with Gasteiger partial charge >= 0.3 is 5.97 Å². The lowest BCUT2D eigenvalue weighted by Gasteiger charge is -2.04. The predicted molar refractivity (Wildman–Crippen MR) is 102 cm³/mol. The summed E-state index contributed by atoms with van der Waals surface area (Å²) in [6, 6.07) is 12.6. The number of ether oxygens (including phenoxy) is 1. The third-order valence-corrected chi connectivity index (χ3v) is 4.25. The number of hydrogen-bond donors (Lipinski definition) is 1. The topological polar surface area (TPSA) is 81.4 Å². The number of amides is 1. The first kappa shape index (κ1) is 18.9. The predicted octanol–water partition coefficient (Wildman–Crippen LogP) is 3.76. The van der Waals surface area contributed by atoms with E-state index in [1.54, 1.807) is 18.2 Å². The zero-order valence-electron chi connectivity index (χ0n) is 14.8. The molecule has 0 aliphatic carbocycles. The number of hydrogen-bond acceptors (Lipinski definition) is 5. The Bertz CT molecular complexity index is 968. The Labute approximate surface area is 161 Å². The molecule has 7 heteroatoms. The van der Waals surface area contributed by atoms with Crippen LogP contribution in [-0.4, -0.2) is 30.5 Å². The second-order valence-corrected chi connectivity index (χ2v) is 6.47. The number of halogens is 1. The molecule has 3 aromatic rings. The van der Waals surface area contributed by atoms with E-state index >= 15 is 0 Å². The van der Waals surface area contributed by atoms with E-state index in [0.717, 1.165) is 5.56 Å². The monoisotopic (exact) mass is 386 g/mol. The van der Waals surface area contributed by atoms with Gasteiger partial charge in [0.25, 0.3) is 5.91 Å². The highest BCUT2D eigenvalue weighted by atomic mass is 35.5. The quantitative estimate of drug-likeness (QED) is 0.494. The molecule has 0 fully saturated rings. The molecule has 0 atom stereocenters. The molecular weight excluding hydrogens is 368 g/mol. The van der Waals surface area contributed by atoms with Crippen molar-refractivity contribution in [1.29, 1.82) is 0 Å². The fourth-order valence-corrected chi connectivity index (χ4v) is 2.86. The third kappa shape index (κ3) is 5.08. The average Bonchev–Trinajstić information content (AvgIpc) is 3.06. The minimum absolute atomic E-state index is 0.227. The molecule has 2 aromatic carbocycles. The molecular formula is C20H19ClN2O4. The molecule has 0 saturated carbocycles. The SMILES string of the molecule is COC(=O)CCCNC(=O)c1ccc2nc(Cc3cccc(Cl)c3)oc2c1. The van der Waals surface area contributed by atoms with Gasteiger partial charge in [0.2, 0.25) is 0 Å². The lowest BCUT2D eigenvalue weighted by Crippen LogP contribution is -2.24. The van der Waals surface area contributed by atoms with E-state index in [4.69, 9.17) is 16.0 Å². The molecule has 0 bridgehead atoms. The largest absolute Gasteiger partial charge is 0.469 e. The molecule has 1 heterocycles. The second kappa shape index (κ2) is 8.68. The number of carbonyl (C=O) groups excluding carboxylic acids is 2. The van der Waals surface area contributed by atoms with E-state index in [9.17, 15) is 9.59 Å². The van der Waals surface area contributed by atoms with Crippen LogP contribution >= 0.6 is 11.6 Å². The third-order valence-electron chi connectivity index (χ3n) is 4.01. The molecule has 27 heavy (non-hydrogen) atoms. The minimum atomic E-state index is -0.292. The normalized spacial score (nSPS) is 10.7. The van der Waals surface area contributed by atoms with Crippen LogP contribution in [0.15, 0.2) is 46.9 Å². The van der Waals surface area contributed by atoms with E-state index in [1.165, 1.54) is 7.11 Å². The van der Waals surface area contributed by atoms with Crippen molar-refractivity contribution in [2.45, 2.75) is 19.3 Å². The number of aromatic nitrogens is 1. The van der Waals surface area contributed by atoms with Crippen molar-refractivity contribution in [2.75, 3.05) is 13.7 Å². The summed E-state index contributed by atoms with van der Waals surface area (Å²) >= 11 is 6.00. The molecule has 1 aromatic heterocycles. The van der Waals surface area contributed by atoms with E-state index < -0.39 is 0 Å². The fourth-order valence-electron chi connectivity index (χ4n) is 2.65. The van der Waals surface area contributed by atoms with Gasteiger partial charge in [-0.1, -0.05) is 23.7 Å². The van der Waals surface area contributed by atoms with E-state index in [-0.39, 0.29) is 18.3 Å². The summed E-state index contributed by atoms with van der Waals surface area (Å²) in [5.41, 5.74) is 2.71. The number of esters is 1. The second-order valence-electron chi connectivity index (χ2n) is 6.03. The van der Waals surface area contributed by atoms with Gasteiger partial charge < -0.3 is 14.5 Å². The highest BCUT2D eigenvalue weighted by Gasteiger charge is 2.11. The zero-order valence-corrected chi connectivity index (χ0v) is 15.6. The number of benzene rings is 2. The van der Waals surface area contributed by atoms with Crippen LogP contribution in [0.1, 0.15) is 34.7 Å². The van der Waals surface area contributed by atoms with Crippen LogP contribution in [-0.2, 0) is 16.0 Å². The number of fused-ring (bicyclic) bond motifs is 1. The highest BCUT2D eigenvalue weighted by molar-refractivity contribution is 6.30. The van der Waals surface area contributed by atoms with Gasteiger partial charge in [0.15, 0.2) is 11.5 Å². The summed E-state index contributed by atoms with van der Waals surface area (Å²) in [5, 5.41) is 3.43. The Morgan fingerprint density at radius 2 is 2.07 bits per heavy atom. The summed E-state index contributed by atoms with van der Waals surface area (Å²) < 4.78 is 10.3. The van der Waals surface area contributed by atoms with Crippen molar-refractivity contribution in [3.8, 4) is 0 Å². The van der Waals surface area contributed by atoms with Crippen LogP contribution in [0.3, 0.4) is 0 Å². The Hall–Kier alpha value is -2.86. The maximum absolute atomic E-state index is 12.2. The van der Waals surface area contributed by atoms with Gasteiger partial charge in [-0.3, -0.25) is 9.59 Å². The molecule has 0 aliphatic rings. The summed E-state index contributed by atoms with van der Waals surface area (Å²) in [5.74, 6) is 0.0389. The van der Waals surface area contributed by atoms with Gasteiger partial charge in [0.1, 0.15) is 5.52 Å². The van der Waals surface area contributed by atoms with E-state index in [2.05, 4.69) is 15.0 Å². The Morgan fingerprint density at radius 1 is 1.22 bits per heavy atom. The number of carbonyl (C=O) groups is 2. The van der Waals surface area contributed by atoms with E-state index in [1.807, 2.05) is 24.3 Å². The van der Waals surface area contributed by atoms with Gasteiger partial charge in [0.05, 0.1) is 7.11 Å². The maximum Gasteiger partial charge on any atom is 0.305 e. The number of nitrogens with zero attached hydrogens (tertiary/aromatic N) is 1. The highest BCUT2D eigenvalue weighted by Crippen LogP contribution is 2.20. The van der Waals surface area contributed by atoms with Crippen molar-refractivity contribution in [2.24, 2.45) is 0 Å². The first-order chi connectivity index (χ1) is 13.0. The number of oxazole rings is 1. The smallest absolute Gasteiger partial charge is 0.305 e. The van der Waals surface area contributed by atoms with Crippen molar-refractivity contribution < 1.29 is 18.7 Å². The Kier molecular flexibility index (Phi) is 6.08. The van der Waals surface area contributed by atoms with E-state index in [0.29, 0.717) is 47.0 Å². The lowest BCUT2D eigenvalue weighted by molar-refractivity contribution is -0.140. The van der Waals surface area contributed by atoms with Crippen molar-refractivity contribution in [3.05, 3.63) is 64.5 Å². The summed E-state index contributed by atoms with van der Waals surface area (Å²) in [6.45, 7) is 0.391. The van der Waals surface area contributed by atoms with Crippen molar-refractivity contribution >= 4 is 34.6 Å². The first-order valence-electron chi connectivity index (χ1n) is 8.54. The van der Waals surface area contributed by atoms with Crippen LogP contribution in [0.5, 0.6) is 0 Å². The van der Waals surface area contributed by atoms with Gasteiger partial charge in [-0.05, 0) is 42.3 Å². The van der Waals surface area contributed by atoms with Crippen molar-refractivity contribution in [1.82, 2.24) is 10.3 Å². The van der Waals surface area contributed by atoms with Gasteiger partial charge in [-0.15, -0.1) is 0 Å². The van der Waals surface area contributed by atoms with Crippen LogP contribution in [0.2, 0.25) is 5.02 Å². The standard InChI is InChI=1S/C20H19ClN2O4/c1-26-19(24)6-3-9-22-20(25)14-7-8-16-17(12-14)27-18(23-16)11-13-4-2-5-15(21)10-13/h2,4-5,7-8,10,12H,3,6,9,11H2,1H3,(H,22,25). The lowest BCUT2D eigenvalue weighted by atomic mass is 10.1. The molecule has 0 unspecified atom stereocenters. The minimum Gasteiger partial charge on any atom is -0.469 e. The van der Waals surface area contributed by atoms with Gasteiger partial charge in [-0.25, -0.2) is 4.98 Å². The molecule has 0 saturated heterocycles. The molecule has 1 N–H and O–H groups in total. The Balaban J connectivity index is 1.64. The molecule has 1 amide bonds. The molecule has 6 nitrogen and oxygen atoms in total. The van der Waals surface area contributed by atoms with Crippen LogP contribution in [0.25, 0.3) is 11.1 Å². The van der Waals surface area contributed by atoms with Crippen LogP contribution in [0, 0.1) is 0 Å². The van der Waals surface area contributed by atoms with Crippen molar-refractivity contribution in [3.63, 3.8) is 0 Å². The number of methoxy groups -OCH3 is 1. The number of nitrogens with one attached hydrogen (secondary N) is 1. The molecule has 0 aliphatic heterocycles. The van der Waals surface area contributed by atoms with Gasteiger partial charge in [0, 0.05) is 30.0 Å². The Morgan fingerprint density at radius 3 is 2.85 bits per heavy atom. The fraction of sp³-hybridized carbons (Fsp3) is 0.250. The summed E-state index contributed by atoms with van der Waals surface area (Å²) in [7, 11) is 1.34. The molecule has 0 radical (unpaired) electrons.